The van der Waals surface area contributed by atoms with Crippen LogP contribution in [0.5, 0.6) is 17.2 Å². The summed E-state index contributed by atoms with van der Waals surface area (Å²) in [6.07, 6.45) is -0.274. The Morgan fingerprint density at radius 2 is 1.57 bits per heavy atom. The van der Waals surface area contributed by atoms with Gasteiger partial charge in [-0.05, 0) is 12.8 Å². The highest BCUT2D eigenvalue weighted by Gasteiger charge is 2.61. The SMILES string of the molecule is CC12CCC(O)C(C)(C)C1C(=O)C(=O)c1c(O)c(C(CO)CO)c(O)c(O)c12. The fourth-order valence-electron chi connectivity index (χ4n) is 5.25. The largest absolute Gasteiger partial charge is 0.507 e. The van der Waals surface area contributed by atoms with Crippen LogP contribution in [0, 0.1) is 11.3 Å². The monoisotopic (exact) mass is 394 g/mol. The predicted molar refractivity (Wildman–Crippen MR) is 97.6 cm³/mol. The first-order chi connectivity index (χ1) is 12.9. The Bertz CT molecular complexity index is 854. The molecule has 0 aliphatic heterocycles. The van der Waals surface area contributed by atoms with Crippen molar-refractivity contribution in [1.29, 1.82) is 0 Å². The molecule has 3 rings (SSSR count). The molecule has 154 valence electrons. The maximum absolute atomic E-state index is 13.0. The van der Waals surface area contributed by atoms with Crippen molar-refractivity contribution in [1.82, 2.24) is 0 Å². The lowest BCUT2D eigenvalue weighted by Gasteiger charge is -2.54. The third-order valence-electron chi connectivity index (χ3n) is 6.77. The van der Waals surface area contributed by atoms with E-state index in [4.69, 9.17) is 0 Å². The first kappa shape index (κ1) is 20.6. The number of carbonyl (C=O) groups is 2. The van der Waals surface area contributed by atoms with Crippen LogP contribution in [0.15, 0.2) is 0 Å². The van der Waals surface area contributed by atoms with E-state index in [1.54, 1.807) is 20.8 Å². The van der Waals surface area contributed by atoms with Gasteiger partial charge in [-0.15, -0.1) is 0 Å². The first-order valence-electron chi connectivity index (χ1n) is 9.24. The fourth-order valence-corrected chi connectivity index (χ4v) is 5.25. The van der Waals surface area contributed by atoms with Crippen LogP contribution >= 0.6 is 0 Å². The number of phenols is 3. The van der Waals surface area contributed by atoms with E-state index in [9.17, 15) is 40.2 Å². The molecule has 8 nitrogen and oxygen atoms in total. The standard InChI is InChI=1S/C20H26O8/c1-19(2)9(23)4-5-20(3)12-11(15(26)17(28)18(19)20)13(24)10(8(6-21)7-22)14(25)16(12)27/h8-9,18,21-25,27H,4-7H2,1-3H3. The molecule has 1 fully saturated rings. The van der Waals surface area contributed by atoms with Crippen LogP contribution in [-0.4, -0.2) is 61.5 Å². The van der Waals surface area contributed by atoms with Gasteiger partial charge in [0.1, 0.15) is 5.75 Å². The van der Waals surface area contributed by atoms with Gasteiger partial charge in [-0.25, -0.2) is 0 Å². The van der Waals surface area contributed by atoms with Crippen LogP contribution in [0.2, 0.25) is 0 Å². The average Bonchev–Trinajstić information content (AvgIpc) is 2.63. The molecule has 0 radical (unpaired) electrons. The molecule has 0 heterocycles. The molecule has 2 aliphatic rings. The number of benzene rings is 1. The second kappa shape index (κ2) is 6.43. The summed E-state index contributed by atoms with van der Waals surface area (Å²) in [5, 5.41) is 61.3. The number of hydrogen-bond donors (Lipinski definition) is 6. The van der Waals surface area contributed by atoms with Gasteiger partial charge in [-0.1, -0.05) is 20.8 Å². The van der Waals surface area contributed by atoms with E-state index >= 15 is 0 Å². The summed E-state index contributed by atoms with van der Waals surface area (Å²) in [5.41, 5.74) is -2.88. The normalized spacial score (nSPS) is 29.0. The van der Waals surface area contributed by atoms with Gasteiger partial charge >= 0.3 is 0 Å². The Morgan fingerprint density at radius 3 is 2.11 bits per heavy atom. The van der Waals surface area contributed by atoms with E-state index in [0.717, 1.165) is 0 Å². The van der Waals surface area contributed by atoms with E-state index in [1.165, 1.54) is 0 Å². The summed E-state index contributed by atoms with van der Waals surface area (Å²) in [4.78, 5) is 26.0. The van der Waals surface area contributed by atoms with Gasteiger partial charge in [0, 0.05) is 33.8 Å². The Kier molecular flexibility index (Phi) is 4.73. The van der Waals surface area contributed by atoms with Crippen LogP contribution in [0.3, 0.4) is 0 Å². The lowest BCUT2D eigenvalue weighted by molar-refractivity contribution is -0.137. The van der Waals surface area contributed by atoms with Crippen molar-refractivity contribution in [3.8, 4) is 17.2 Å². The second-order valence-corrected chi connectivity index (χ2v) is 8.69. The van der Waals surface area contributed by atoms with Gasteiger partial charge in [-0.2, -0.15) is 0 Å². The topological polar surface area (TPSA) is 156 Å². The molecule has 28 heavy (non-hydrogen) atoms. The zero-order valence-electron chi connectivity index (χ0n) is 16.1. The molecule has 6 N–H and O–H groups in total. The van der Waals surface area contributed by atoms with E-state index in [-0.39, 0.29) is 17.5 Å². The minimum absolute atomic E-state index is 0.0320. The molecule has 1 aromatic carbocycles. The van der Waals surface area contributed by atoms with Crippen molar-refractivity contribution >= 4 is 11.6 Å². The van der Waals surface area contributed by atoms with E-state index in [0.29, 0.717) is 6.42 Å². The number of aliphatic hydroxyl groups excluding tert-OH is 3. The maximum Gasteiger partial charge on any atom is 0.233 e. The van der Waals surface area contributed by atoms with Gasteiger partial charge in [0.15, 0.2) is 11.5 Å². The highest BCUT2D eigenvalue weighted by molar-refractivity contribution is 6.47. The predicted octanol–water partition coefficient (Wildman–Crippen LogP) is 0.692. The number of fused-ring (bicyclic) bond motifs is 3. The number of phenolic OH excluding ortho intramolecular Hbond substituents is 3. The number of ketones is 2. The Balaban J connectivity index is 2.39. The molecular weight excluding hydrogens is 368 g/mol. The molecule has 0 saturated heterocycles. The Morgan fingerprint density at radius 1 is 1.00 bits per heavy atom. The Labute approximate surface area is 162 Å². The molecule has 2 aliphatic carbocycles. The van der Waals surface area contributed by atoms with Crippen LogP contribution in [0.1, 0.15) is 61.0 Å². The minimum atomic E-state index is -1.14. The van der Waals surface area contributed by atoms with Gasteiger partial charge in [-0.3, -0.25) is 9.59 Å². The Hall–Kier alpha value is -2.16. The van der Waals surface area contributed by atoms with Crippen LogP contribution < -0.4 is 0 Å². The molecule has 0 aromatic heterocycles. The zero-order chi connectivity index (χ0) is 21.2. The van der Waals surface area contributed by atoms with Crippen LogP contribution in [0.25, 0.3) is 0 Å². The number of aliphatic hydroxyl groups is 3. The van der Waals surface area contributed by atoms with Crippen molar-refractivity contribution in [2.75, 3.05) is 13.2 Å². The third kappa shape index (κ3) is 2.41. The van der Waals surface area contributed by atoms with Crippen molar-refractivity contribution < 1.29 is 40.2 Å². The highest BCUT2D eigenvalue weighted by Crippen LogP contribution is 2.61. The third-order valence-corrected chi connectivity index (χ3v) is 6.77. The molecule has 0 spiro atoms. The average molecular weight is 394 g/mol. The summed E-state index contributed by atoms with van der Waals surface area (Å²) in [6, 6.07) is 0. The molecule has 8 heteroatoms. The lowest BCUT2D eigenvalue weighted by atomic mass is 9.48. The number of rotatable bonds is 3. The molecule has 3 atom stereocenters. The van der Waals surface area contributed by atoms with Crippen molar-refractivity contribution in [3.63, 3.8) is 0 Å². The second-order valence-electron chi connectivity index (χ2n) is 8.69. The van der Waals surface area contributed by atoms with Gasteiger partial charge < -0.3 is 30.6 Å². The van der Waals surface area contributed by atoms with E-state index in [1.807, 2.05) is 0 Å². The quantitative estimate of drug-likeness (QED) is 0.248. The summed E-state index contributed by atoms with van der Waals surface area (Å²) >= 11 is 0. The molecule has 1 aromatic rings. The lowest BCUT2D eigenvalue weighted by Crippen LogP contribution is -2.59. The maximum atomic E-state index is 13.0. The number of aromatic hydroxyl groups is 3. The van der Waals surface area contributed by atoms with Gasteiger partial charge in [0.2, 0.25) is 11.6 Å². The van der Waals surface area contributed by atoms with Crippen molar-refractivity contribution in [2.45, 2.75) is 51.0 Å². The molecule has 0 bridgehead atoms. The van der Waals surface area contributed by atoms with Gasteiger partial charge in [0.25, 0.3) is 0 Å². The number of carbonyl (C=O) groups excluding carboxylic acids is 2. The van der Waals surface area contributed by atoms with E-state index in [2.05, 4.69) is 0 Å². The van der Waals surface area contributed by atoms with Crippen molar-refractivity contribution in [3.05, 3.63) is 16.7 Å². The number of Topliss-reactive ketones (excluding diaryl/α,β-unsaturated/α-hetero) is 2. The molecule has 3 unspecified atom stereocenters. The molecule has 1 saturated carbocycles. The van der Waals surface area contributed by atoms with Crippen LogP contribution in [-0.2, 0) is 10.2 Å². The first-order valence-corrected chi connectivity index (χ1v) is 9.24. The molecule has 0 amide bonds. The highest BCUT2D eigenvalue weighted by atomic mass is 16.3. The minimum Gasteiger partial charge on any atom is -0.507 e. The fraction of sp³-hybridized carbons (Fsp3) is 0.600. The van der Waals surface area contributed by atoms with Crippen LogP contribution in [0.4, 0.5) is 0 Å². The van der Waals surface area contributed by atoms with Gasteiger partial charge in [0.05, 0.1) is 24.9 Å². The van der Waals surface area contributed by atoms with E-state index < -0.39 is 76.4 Å². The summed E-state index contributed by atoms with van der Waals surface area (Å²) in [5.74, 6) is -6.02. The summed E-state index contributed by atoms with van der Waals surface area (Å²) < 4.78 is 0. The molecular formula is C20H26O8. The smallest absolute Gasteiger partial charge is 0.233 e. The summed E-state index contributed by atoms with van der Waals surface area (Å²) in [7, 11) is 0. The van der Waals surface area contributed by atoms with Crippen molar-refractivity contribution in [2.24, 2.45) is 11.3 Å². The zero-order valence-corrected chi connectivity index (χ0v) is 16.1. The number of hydrogen-bond acceptors (Lipinski definition) is 8. The summed E-state index contributed by atoms with van der Waals surface area (Å²) in [6.45, 7) is 3.71.